The molecule has 0 spiro atoms. The summed E-state index contributed by atoms with van der Waals surface area (Å²) in [5.41, 5.74) is 0.718. The Labute approximate surface area is 267 Å². The summed E-state index contributed by atoms with van der Waals surface area (Å²) in [4.78, 5) is 38.9. The molecule has 0 radical (unpaired) electrons. The average Bonchev–Trinajstić information content (AvgIpc) is 3.35. The molecule has 0 N–H and O–H groups in total. The van der Waals surface area contributed by atoms with Crippen molar-refractivity contribution in [2.45, 2.75) is 19.5 Å². The van der Waals surface area contributed by atoms with E-state index in [1.165, 1.54) is 16.9 Å². The Morgan fingerprint density at radius 2 is 1.70 bits per heavy atom. The van der Waals surface area contributed by atoms with Crippen LogP contribution in [-0.4, -0.2) is 62.5 Å². The van der Waals surface area contributed by atoms with E-state index in [1.807, 2.05) is 0 Å². The van der Waals surface area contributed by atoms with Gasteiger partial charge in [-0.05, 0) is 64.3 Å². The molecule has 0 aliphatic carbocycles. The maximum absolute atomic E-state index is 13.8. The van der Waals surface area contributed by atoms with Crippen LogP contribution in [0, 0.1) is 6.92 Å². The zero-order chi connectivity index (χ0) is 31.1. The number of Topliss-reactive ketones (excluding diaryl/α,β-unsaturated/α-hetero) is 1. The molecule has 43 heavy (non-hydrogen) atoms. The smallest absolute Gasteiger partial charge is 0.352 e. The van der Waals surface area contributed by atoms with Crippen molar-refractivity contribution in [3.63, 3.8) is 0 Å². The predicted octanol–water partition coefficient (Wildman–Crippen LogP) is 7.10. The number of carbonyl (C=O) groups is 2. The standard InChI is InChI=1S/C28H21BrCl3F3N6O2/c1-15-9-17(30)11-19(18(15)12-23(42)22-13-24(29)38-41(22)26-20(31)3-2-4-36-26)27(43)40-7-5-39(6-8-40)25-21(32)10-16(14-37-25)28(33,34)35/h2-4,9-11,13-14H,5-8,12H2,1H3. The molecular formula is C28H21BrCl3F3N6O2. The molecule has 15 heteroatoms. The molecule has 8 nitrogen and oxygen atoms in total. The Balaban J connectivity index is 1.37. The van der Waals surface area contributed by atoms with E-state index in [4.69, 9.17) is 34.8 Å². The van der Waals surface area contributed by atoms with Crippen LogP contribution >= 0.6 is 50.7 Å². The number of ketones is 1. The molecule has 1 aliphatic heterocycles. The highest BCUT2D eigenvalue weighted by Crippen LogP contribution is 2.34. The molecule has 0 saturated carbocycles. The minimum absolute atomic E-state index is 0.126. The zero-order valence-electron chi connectivity index (χ0n) is 22.3. The van der Waals surface area contributed by atoms with Crippen molar-refractivity contribution < 1.29 is 22.8 Å². The quantitative estimate of drug-likeness (QED) is 0.198. The average molecular weight is 717 g/mol. The molecule has 3 aromatic heterocycles. The first-order valence-electron chi connectivity index (χ1n) is 12.8. The maximum Gasteiger partial charge on any atom is 0.417 e. The molecule has 0 atom stereocenters. The van der Waals surface area contributed by atoms with Crippen LogP contribution in [0.25, 0.3) is 5.82 Å². The summed E-state index contributed by atoms with van der Waals surface area (Å²) < 4.78 is 40.8. The molecule has 1 amide bonds. The number of aryl methyl sites for hydroxylation is 1. The van der Waals surface area contributed by atoms with Crippen molar-refractivity contribution in [3.8, 4) is 5.82 Å². The van der Waals surface area contributed by atoms with Gasteiger partial charge < -0.3 is 9.80 Å². The topological polar surface area (TPSA) is 84.2 Å². The van der Waals surface area contributed by atoms with Crippen molar-refractivity contribution in [2.75, 3.05) is 31.1 Å². The Morgan fingerprint density at radius 3 is 2.35 bits per heavy atom. The number of rotatable bonds is 6. The molecule has 1 saturated heterocycles. The van der Waals surface area contributed by atoms with E-state index in [-0.39, 0.29) is 72.2 Å². The van der Waals surface area contributed by atoms with E-state index in [9.17, 15) is 22.8 Å². The second kappa shape index (κ2) is 12.4. The number of hydrogen-bond donors (Lipinski definition) is 0. The van der Waals surface area contributed by atoms with Crippen LogP contribution in [0.1, 0.15) is 37.5 Å². The number of aromatic nitrogens is 4. The van der Waals surface area contributed by atoms with Crippen LogP contribution in [-0.2, 0) is 12.6 Å². The van der Waals surface area contributed by atoms with Crippen molar-refractivity contribution >= 4 is 68.2 Å². The molecule has 0 bridgehead atoms. The highest BCUT2D eigenvalue weighted by molar-refractivity contribution is 9.10. The lowest BCUT2D eigenvalue weighted by Crippen LogP contribution is -2.49. The summed E-state index contributed by atoms with van der Waals surface area (Å²) in [5.74, 6) is -0.167. The van der Waals surface area contributed by atoms with Crippen molar-refractivity contribution in [1.29, 1.82) is 0 Å². The minimum Gasteiger partial charge on any atom is -0.352 e. The first kappa shape index (κ1) is 31.2. The van der Waals surface area contributed by atoms with Gasteiger partial charge in [0.2, 0.25) is 0 Å². The SMILES string of the molecule is Cc1cc(Cl)cc(C(=O)N2CCN(c3ncc(C(F)(F)F)cc3Cl)CC2)c1CC(=O)c1cc(Br)nn1-c1ncccc1Cl. The van der Waals surface area contributed by atoms with Gasteiger partial charge in [0.05, 0.1) is 15.6 Å². The van der Waals surface area contributed by atoms with Gasteiger partial charge in [0, 0.05) is 61.6 Å². The molecule has 5 rings (SSSR count). The number of pyridine rings is 2. The number of nitrogens with zero attached hydrogens (tertiary/aromatic N) is 6. The second-order valence-corrected chi connectivity index (χ2v) is 11.8. The van der Waals surface area contributed by atoms with Gasteiger partial charge >= 0.3 is 6.18 Å². The van der Waals surface area contributed by atoms with Gasteiger partial charge in [-0.2, -0.15) is 18.3 Å². The van der Waals surface area contributed by atoms with Crippen LogP contribution in [0.15, 0.2) is 53.4 Å². The molecule has 224 valence electrons. The highest BCUT2D eigenvalue weighted by Gasteiger charge is 2.33. The highest BCUT2D eigenvalue weighted by atomic mass is 79.9. The number of piperazine rings is 1. The summed E-state index contributed by atoms with van der Waals surface area (Å²) >= 11 is 22.1. The number of anilines is 1. The van der Waals surface area contributed by atoms with Crippen LogP contribution in [0.4, 0.5) is 19.0 Å². The fraction of sp³-hybridized carbons (Fsp3) is 0.250. The van der Waals surface area contributed by atoms with Crippen molar-refractivity contribution in [3.05, 3.63) is 96.4 Å². The number of alkyl halides is 3. The first-order chi connectivity index (χ1) is 20.3. The Morgan fingerprint density at radius 1 is 0.977 bits per heavy atom. The number of carbonyl (C=O) groups excluding carboxylic acids is 2. The van der Waals surface area contributed by atoms with Gasteiger partial charge in [-0.15, -0.1) is 0 Å². The largest absolute Gasteiger partial charge is 0.417 e. The third-order valence-corrected chi connectivity index (χ3v) is 8.10. The maximum atomic E-state index is 13.8. The Bertz CT molecular complexity index is 1720. The van der Waals surface area contributed by atoms with E-state index in [2.05, 4.69) is 31.0 Å². The van der Waals surface area contributed by atoms with Crippen molar-refractivity contribution in [1.82, 2.24) is 24.6 Å². The van der Waals surface area contributed by atoms with E-state index < -0.39 is 11.7 Å². The van der Waals surface area contributed by atoms with E-state index in [0.717, 1.165) is 12.3 Å². The molecule has 1 fully saturated rings. The van der Waals surface area contributed by atoms with Crippen LogP contribution in [0.3, 0.4) is 0 Å². The number of hydrogen-bond acceptors (Lipinski definition) is 6. The summed E-state index contributed by atoms with van der Waals surface area (Å²) in [7, 11) is 0. The van der Waals surface area contributed by atoms with E-state index in [1.54, 1.807) is 41.0 Å². The van der Waals surface area contributed by atoms with Gasteiger partial charge in [-0.3, -0.25) is 9.59 Å². The monoisotopic (exact) mass is 714 g/mol. The van der Waals surface area contributed by atoms with E-state index >= 15 is 0 Å². The third-order valence-electron chi connectivity index (χ3n) is 6.93. The Hall–Kier alpha value is -3.19. The number of benzene rings is 1. The predicted molar refractivity (Wildman–Crippen MR) is 161 cm³/mol. The van der Waals surface area contributed by atoms with Crippen molar-refractivity contribution in [2.24, 2.45) is 0 Å². The molecule has 4 aromatic rings. The van der Waals surface area contributed by atoms with Crippen LogP contribution < -0.4 is 4.90 Å². The zero-order valence-corrected chi connectivity index (χ0v) is 26.2. The molecule has 4 heterocycles. The summed E-state index contributed by atoms with van der Waals surface area (Å²) in [6.07, 6.45) is -2.41. The van der Waals surface area contributed by atoms with Gasteiger partial charge in [0.15, 0.2) is 11.6 Å². The van der Waals surface area contributed by atoms with Gasteiger partial charge in [-0.1, -0.05) is 34.8 Å². The molecule has 1 aromatic carbocycles. The fourth-order valence-electron chi connectivity index (χ4n) is 4.81. The lowest BCUT2D eigenvalue weighted by Gasteiger charge is -2.36. The molecule has 1 aliphatic rings. The van der Waals surface area contributed by atoms with Gasteiger partial charge in [0.25, 0.3) is 5.91 Å². The van der Waals surface area contributed by atoms with Crippen LogP contribution in [0.2, 0.25) is 15.1 Å². The third kappa shape index (κ3) is 6.67. The van der Waals surface area contributed by atoms with Gasteiger partial charge in [0.1, 0.15) is 16.1 Å². The summed E-state index contributed by atoms with van der Waals surface area (Å²) in [6.45, 7) is 2.83. The lowest BCUT2D eigenvalue weighted by atomic mass is 9.95. The van der Waals surface area contributed by atoms with Crippen LogP contribution in [0.5, 0.6) is 0 Å². The fourth-order valence-corrected chi connectivity index (χ4v) is 5.94. The number of amides is 1. The molecule has 0 unspecified atom stereocenters. The molecular weight excluding hydrogens is 696 g/mol. The summed E-state index contributed by atoms with van der Waals surface area (Å²) in [6, 6.07) is 8.90. The lowest BCUT2D eigenvalue weighted by molar-refractivity contribution is -0.137. The summed E-state index contributed by atoms with van der Waals surface area (Å²) in [5, 5.41) is 4.84. The normalized spacial score (nSPS) is 13.9. The Kier molecular flexibility index (Phi) is 9.03. The number of halogens is 7. The first-order valence-corrected chi connectivity index (χ1v) is 14.7. The second-order valence-electron chi connectivity index (χ2n) is 9.73. The van der Waals surface area contributed by atoms with E-state index in [0.29, 0.717) is 25.8 Å². The van der Waals surface area contributed by atoms with Gasteiger partial charge in [-0.25, -0.2) is 14.6 Å². The minimum atomic E-state index is -4.56.